The summed E-state index contributed by atoms with van der Waals surface area (Å²) in [5.74, 6) is 1.59. The second-order valence-electron chi connectivity index (χ2n) is 9.77. The Kier molecular flexibility index (Phi) is 10.3. The van der Waals surface area contributed by atoms with E-state index in [1.807, 2.05) is 63.2 Å². The number of fused-ring (bicyclic) bond motifs is 1. The molecule has 0 aliphatic carbocycles. The van der Waals surface area contributed by atoms with Crippen molar-refractivity contribution in [3.05, 3.63) is 114 Å². The molecule has 1 aliphatic heterocycles. The maximum Gasteiger partial charge on any atom is 0.337 e. The zero-order valence-corrected chi connectivity index (χ0v) is 26.9. The van der Waals surface area contributed by atoms with Gasteiger partial charge < -0.3 is 23.7 Å². The molecule has 9 nitrogen and oxygen atoms in total. The summed E-state index contributed by atoms with van der Waals surface area (Å²) in [6, 6.07) is 17.5. The highest BCUT2D eigenvalue weighted by Gasteiger charge is 2.31. The first-order valence-corrected chi connectivity index (χ1v) is 15.7. The molecule has 0 saturated carbocycles. The van der Waals surface area contributed by atoms with Crippen LogP contribution in [-0.2, 0) is 16.1 Å². The van der Waals surface area contributed by atoms with Crippen LogP contribution in [0, 0.1) is 0 Å². The van der Waals surface area contributed by atoms with Gasteiger partial charge in [-0.15, -0.1) is 0 Å². The fourth-order valence-electron chi connectivity index (χ4n) is 4.91. The van der Waals surface area contributed by atoms with Crippen LogP contribution in [0.15, 0.2) is 82.2 Å². The molecule has 0 bridgehead atoms. The Hall–Kier alpha value is -4.54. The number of nitrogens with zero attached hydrogens (tertiary/aromatic N) is 2. The van der Waals surface area contributed by atoms with Gasteiger partial charge in [-0.05, 0) is 68.3 Å². The zero-order valence-electron chi connectivity index (χ0n) is 25.4. The summed E-state index contributed by atoms with van der Waals surface area (Å²) in [5.41, 5.74) is 2.16. The lowest BCUT2D eigenvalue weighted by molar-refractivity contribution is -0.136. The summed E-state index contributed by atoms with van der Waals surface area (Å²) < 4.78 is 30.5. The number of benzene rings is 3. The number of halogens is 1. The van der Waals surface area contributed by atoms with Gasteiger partial charge in [0.05, 0.1) is 43.1 Å². The number of hydrogen-bond acceptors (Lipinski definition) is 9. The second kappa shape index (κ2) is 14.5. The molecule has 0 spiro atoms. The van der Waals surface area contributed by atoms with Crippen LogP contribution < -0.4 is 33.8 Å². The number of ether oxygens (including phenoxy) is 5. The number of carbonyl (C=O) groups is 1. The number of aromatic nitrogens is 1. The van der Waals surface area contributed by atoms with Crippen molar-refractivity contribution < 1.29 is 28.5 Å². The maximum atomic E-state index is 14.0. The predicted octanol–water partition coefficient (Wildman–Crippen LogP) is 5.45. The van der Waals surface area contributed by atoms with Crippen LogP contribution >= 0.6 is 22.9 Å². The van der Waals surface area contributed by atoms with Crippen LogP contribution in [0.25, 0.3) is 6.08 Å². The zero-order chi connectivity index (χ0) is 31.9. The summed E-state index contributed by atoms with van der Waals surface area (Å²) in [5, 5.41) is 0.621. The Morgan fingerprint density at radius 3 is 2.29 bits per heavy atom. The van der Waals surface area contributed by atoms with Gasteiger partial charge in [-0.3, -0.25) is 9.36 Å². The molecule has 1 aliphatic rings. The van der Waals surface area contributed by atoms with E-state index in [9.17, 15) is 9.59 Å². The molecule has 0 unspecified atom stereocenters. The third kappa shape index (κ3) is 6.92. The Bertz CT molecular complexity index is 1910. The third-order valence-corrected chi connectivity index (χ3v) is 8.28. The average Bonchev–Trinajstić information content (AvgIpc) is 3.36. The van der Waals surface area contributed by atoms with Gasteiger partial charge in [0.25, 0.3) is 5.56 Å². The molecule has 0 radical (unpaired) electrons. The molecule has 1 aromatic heterocycles. The van der Waals surface area contributed by atoms with Crippen molar-refractivity contribution in [1.82, 2.24) is 4.57 Å². The van der Waals surface area contributed by atoms with Gasteiger partial charge in [0.1, 0.15) is 6.61 Å². The topological polar surface area (TPSA) is 97.6 Å². The summed E-state index contributed by atoms with van der Waals surface area (Å²) in [4.78, 5) is 31.8. The molecule has 234 valence electrons. The van der Waals surface area contributed by atoms with Gasteiger partial charge in [0.15, 0.2) is 27.8 Å². The lowest BCUT2D eigenvalue weighted by atomic mass is 9.97. The van der Waals surface area contributed by atoms with Crippen LogP contribution in [0.4, 0.5) is 0 Å². The Morgan fingerprint density at radius 1 is 0.911 bits per heavy atom. The first-order chi connectivity index (χ1) is 21.9. The number of hydrogen-bond donors (Lipinski definition) is 0. The molecule has 1 atom stereocenters. The van der Waals surface area contributed by atoms with Gasteiger partial charge in [0, 0.05) is 16.8 Å². The van der Waals surface area contributed by atoms with Gasteiger partial charge >= 0.3 is 5.97 Å². The lowest BCUT2D eigenvalue weighted by Crippen LogP contribution is -2.39. The molecule has 4 aromatic rings. The van der Waals surface area contributed by atoms with E-state index in [-0.39, 0.29) is 17.7 Å². The van der Waals surface area contributed by atoms with E-state index in [1.54, 1.807) is 24.3 Å². The SMILES string of the molecule is CCOc1ccc([C@@H]2C(C(=O)OC)=CN=c3s/c(=C\c4ccc(OCc5ccccc5Cl)c(OCC)c4)c(=O)n32)cc1OCC. The van der Waals surface area contributed by atoms with E-state index in [4.69, 9.17) is 35.3 Å². The molecule has 11 heteroatoms. The summed E-state index contributed by atoms with van der Waals surface area (Å²) in [7, 11) is 1.30. The number of carbonyl (C=O) groups excluding carboxylic acids is 1. The number of methoxy groups -OCH3 is 1. The second-order valence-corrected chi connectivity index (χ2v) is 11.2. The third-order valence-electron chi connectivity index (χ3n) is 6.91. The number of rotatable bonds is 12. The standard InChI is InChI=1S/C34H33ClN2O7S/c1-5-41-26-15-13-22(18-29(26)43-7-3)31-24(33(39)40-4)19-36-34-37(31)32(38)30(45-34)17-21-12-14-27(28(16-21)42-6-2)44-20-23-10-8-9-11-25(23)35/h8-19,31H,5-7,20H2,1-4H3/b30-17-/t31-/m1/s1. The molecule has 45 heavy (non-hydrogen) atoms. The highest BCUT2D eigenvalue weighted by molar-refractivity contribution is 7.07. The van der Waals surface area contributed by atoms with Crippen molar-refractivity contribution in [2.45, 2.75) is 33.4 Å². The van der Waals surface area contributed by atoms with Crippen molar-refractivity contribution in [3.8, 4) is 23.0 Å². The normalized spacial score (nSPS) is 14.2. The molecule has 0 amide bonds. The highest BCUT2D eigenvalue weighted by Crippen LogP contribution is 2.35. The number of esters is 1. The van der Waals surface area contributed by atoms with Crippen LogP contribution in [-0.4, -0.2) is 37.5 Å². The smallest absolute Gasteiger partial charge is 0.337 e. The number of thiazole rings is 1. The molecular formula is C34H33ClN2O7S. The minimum atomic E-state index is -0.787. The summed E-state index contributed by atoms with van der Waals surface area (Å²) in [6.45, 7) is 7.23. The van der Waals surface area contributed by atoms with Crippen molar-refractivity contribution in [1.29, 1.82) is 0 Å². The van der Waals surface area contributed by atoms with Gasteiger partial charge in [-0.2, -0.15) is 0 Å². The Morgan fingerprint density at radius 2 is 1.58 bits per heavy atom. The molecular weight excluding hydrogens is 616 g/mol. The fraction of sp³-hybridized carbons (Fsp3) is 0.265. The van der Waals surface area contributed by atoms with E-state index in [1.165, 1.54) is 29.2 Å². The van der Waals surface area contributed by atoms with Crippen LogP contribution in [0.2, 0.25) is 5.02 Å². The summed E-state index contributed by atoms with van der Waals surface area (Å²) in [6.07, 6.45) is 3.23. The molecule has 3 aromatic carbocycles. The fourth-order valence-corrected chi connectivity index (χ4v) is 6.07. The first-order valence-electron chi connectivity index (χ1n) is 14.5. The van der Waals surface area contributed by atoms with Crippen molar-refractivity contribution in [2.75, 3.05) is 26.9 Å². The van der Waals surface area contributed by atoms with Crippen LogP contribution in [0.1, 0.15) is 43.5 Å². The van der Waals surface area contributed by atoms with E-state index < -0.39 is 12.0 Å². The minimum absolute atomic E-state index is 0.224. The van der Waals surface area contributed by atoms with Gasteiger partial charge in [-0.1, -0.05) is 53.3 Å². The summed E-state index contributed by atoms with van der Waals surface area (Å²) >= 11 is 7.52. The molecule has 0 saturated heterocycles. The molecule has 0 fully saturated rings. The van der Waals surface area contributed by atoms with Crippen LogP contribution in [0.5, 0.6) is 23.0 Å². The predicted molar refractivity (Wildman–Crippen MR) is 173 cm³/mol. The molecule has 0 N–H and O–H groups in total. The van der Waals surface area contributed by atoms with Crippen molar-refractivity contribution in [3.63, 3.8) is 0 Å². The van der Waals surface area contributed by atoms with Crippen LogP contribution in [0.3, 0.4) is 0 Å². The largest absolute Gasteiger partial charge is 0.490 e. The maximum absolute atomic E-state index is 14.0. The van der Waals surface area contributed by atoms with E-state index in [0.717, 1.165) is 11.1 Å². The Balaban J connectivity index is 1.55. The minimum Gasteiger partial charge on any atom is -0.490 e. The lowest BCUT2D eigenvalue weighted by Gasteiger charge is -2.23. The average molecular weight is 649 g/mol. The monoisotopic (exact) mass is 648 g/mol. The van der Waals surface area contributed by atoms with Gasteiger partial charge in [-0.25, -0.2) is 9.79 Å². The van der Waals surface area contributed by atoms with E-state index >= 15 is 0 Å². The van der Waals surface area contributed by atoms with E-state index in [2.05, 4.69) is 4.99 Å². The van der Waals surface area contributed by atoms with Crippen molar-refractivity contribution >= 4 is 35.0 Å². The van der Waals surface area contributed by atoms with Crippen molar-refractivity contribution in [2.24, 2.45) is 4.99 Å². The first kappa shape index (κ1) is 31.9. The van der Waals surface area contributed by atoms with E-state index in [0.29, 0.717) is 62.7 Å². The quantitative estimate of drug-likeness (QED) is 0.189. The molecule has 2 heterocycles. The Labute approximate surface area is 269 Å². The molecule has 5 rings (SSSR count). The van der Waals surface area contributed by atoms with Gasteiger partial charge in [0.2, 0.25) is 0 Å². The highest BCUT2D eigenvalue weighted by atomic mass is 35.5.